The van der Waals surface area contributed by atoms with Gasteiger partial charge in [-0.05, 0) is 13.0 Å². The number of rotatable bonds is 1. The van der Waals surface area contributed by atoms with E-state index in [-0.39, 0.29) is 29.8 Å². The van der Waals surface area contributed by atoms with Gasteiger partial charge < -0.3 is 10.5 Å². The molecule has 1 atom stereocenters. The van der Waals surface area contributed by atoms with Gasteiger partial charge in [-0.2, -0.15) is 5.26 Å². The van der Waals surface area contributed by atoms with E-state index in [1.807, 2.05) is 12.1 Å². The highest BCUT2D eigenvalue weighted by molar-refractivity contribution is 6.14. The van der Waals surface area contributed by atoms with Crippen LogP contribution in [0.3, 0.4) is 0 Å². The Morgan fingerprint density at radius 3 is 2.96 bits per heavy atom. The van der Waals surface area contributed by atoms with E-state index >= 15 is 0 Å². The molecule has 3 heterocycles. The van der Waals surface area contributed by atoms with Crippen LogP contribution in [0.4, 0.5) is 5.69 Å². The van der Waals surface area contributed by atoms with Crippen LogP contribution in [0.5, 0.6) is 5.88 Å². The summed E-state index contributed by atoms with van der Waals surface area (Å²) in [6.45, 7) is 1.86. The molecule has 1 spiro atoms. The summed E-state index contributed by atoms with van der Waals surface area (Å²) in [6, 6.07) is 9.29. The minimum atomic E-state index is -1.41. The minimum absolute atomic E-state index is 0.0430. The average molecular weight is 331 g/mol. The number of terminal acetylenes is 1. The second-order valence-corrected chi connectivity index (χ2v) is 5.84. The number of nitriles is 1. The summed E-state index contributed by atoms with van der Waals surface area (Å²) in [6.07, 6.45) is 5.46. The average Bonchev–Trinajstić information content (AvgIpc) is 3.08. The summed E-state index contributed by atoms with van der Waals surface area (Å²) < 4.78 is 5.48. The van der Waals surface area contributed by atoms with Crippen molar-refractivity contribution in [1.29, 1.82) is 5.26 Å². The zero-order valence-corrected chi connectivity index (χ0v) is 13.3. The number of fused-ring (bicyclic) bond motifs is 4. The minimum Gasteiger partial charge on any atom is -0.420 e. The Hall–Kier alpha value is -3.71. The molecule has 2 aliphatic rings. The fraction of sp³-hybridized carbons (Fsp3) is 0.167. The van der Waals surface area contributed by atoms with Crippen molar-refractivity contribution in [2.24, 2.45) is 5.73 Å². The van der Waals surface area contributed by atoms with Gasteiger partial charge in [-0.25, -0.2) is 0 Å². The third-order valence-corrected chi connectivity index (χ3v) is 4.64. The number of benzene rings is 1. The number of hydrogen-bond acceptors (Lipinski definition) is 5. The quantitative estimate of drug-likeness (QED) is 0.760. The van der Waals surface area contributed by atoms with E-state index < -0.39 is 5.41 Å². The number of aromatic nitrogens is 2. The number of carbonyl (C=O) groups excluding carboxylic acids is 1. The Morgan fingerprint density at radius 1 is 1.48 bits per heavy atom. The van der Waals surface area contributed by atoms with Gasteiger partial charge in [-0.1, -0.05) is 24.1 Å². The fourth-order valence-corrected chi connectivity index (χ4v) is 3.71. The second kappa shape index (κ2) is 4.89. The molecule has 4 rings (SSSR count). The van der Waals surface area contributed by atoms with Gasteiger partial charge in [0.1, 0.15) is 17.1 Å². The lowest BCUT2D eigenvalue weighted by molar-refractivity contribution is -0.120. The van der Waals surface area contributed by atoms with Crippen LogP contribution >= 0.6 is 0 Å². The molecule has 0 unspecified atom stereocenters. The summed E-state index contributed by atoms with van der Waals surface area (Å²) in [5.74, 6) is 2.23. The zero-order valence-electron chi connectivity index (χ0n) is 13.3. The highest BCUT2D eigenvalue weighted by Gasteiger charge is 2.60. The van der Waals surface area contributed by atoms with E-state index in [0.29, 0.717) is 22.5 Å². The molecule has 3 N–H and O–H groups in total. The maximum atomic E-state index is 13.5. The number of anilines is 1. The van der Waals surface area contributed by atoms with Crippen molar-refractivity contribution in [3.63, 3.8) is 0 Å². The molecule has 7 heteroatoms. The Balaban J connectivity index is 2.16. The molecule has 122 valence electrons. The predicted octanol–water partition coefficient (Wildman–Crippen LogP) is 1.07. The van der Waals surface area contributed by atoms with Gasteiger partial charge in [0, 0.05) is 16.9 Å². The van der Waals surface area contributed by atoms with E-state index in [2.05, 4.69) is 22.2 Å². The number of aryl methyl sites for hydroxylation is 1. The van der Waals surface area contributed by atoms with Crippen LogP contribution in [0.15, 0.2) is 35.7 Å². The van der Waals surface area contributed by atoms with Crippen LogP contribution < -0.4 is 15.4 Å². The molecule has 0 radical (unpaired) electrons. The van der Waals surface area contributed by atoms with Gasteiger partial charge in [0.15, 0.2) is 0 Å². The number of ether oxygens (including phenoxy) is 1. The van der Waals surface area contributed by atoms with E-state index in [9.17, 15) is 10.1 Å². The molecule has 2 aliphatic heterocycles. The summed E-state index contributed by atoms with van der Waals surface area (Å²) in [7, 11) is 0. The molecule has 7 nitrogen and oxygen atoms in total. The predicted molar refractivity (Wildman–Crippen MR) is 89.2 cm³/mol. The maximum absolute atomic E-state index is 13.5. The lowest BCUT2D eigenvalue weighted by Crippen LogP contribution is -2.46. The fourth-order valence-electron chi connectivity index (χ4n) is 3.71. The molecule has 0 saturated carbocycles. The number of amides is 1. The number of H-pyrrole nitrogens is 1. The topological polar surface area (TPSA) is 108 Å². The highest BCUT2D eigenvalue weighted by Crippen LogP contribution is 2.55. The van der Waals surface area contributed by atoms with Crippen LogP contribution in [0.25, 0.3) is 0 Å². The smallest absolute Gasteiger partial charge is 0.248 e. The Labute approximate surface area is 143 Å². The van der Waals surface area contributed by atoms with Gasteiger partial charge in [-0.3, -0.25) is 14.8 Å². The number of nitrogens with one attached hydrogen (secondary N) is 1. The van der Waals surface area contributed by atoms with Crippen LogP contribution in [0.2, 0.25) is 0 Å². The molecule has 1 aromatic heterocycles. The highest BCUT2D eigenvalue weighted by atomic mass is 16.5. The SMILES string of the molecule is C#CCN1C(=O)[C@]2(C(C#N)=C(N)Oc3n[nH]c(C)c32)c2ccccc21. The van der Waals surface area contributed by atoms with Crippen molar-refractivity contribution >= 4 is 11.6 Å². The van der Waals surface area contributed by atoms with Gasteiger partial charge in [0.05, 0.1) is 12.1 Å². The van der Waals surface area contributed by atoms with E-state index in [0.717, 1.165) is 0 Å². The Kier molecular flexibility index (Phi) is 2.91. The third-order valence-electron chi connectivity index (χ3n) is 4.64. The van der Waals surface area contributed by atoms with Crippen LogP contribution in [-0.2, 0) is 10.2 Å². The number of hydrogen-bond donors (Lipinski definition) is 2. The van der Waals surface area contributed by atoms with Crippen molar-refractivity contribution in [3.8, 4) is 24.3 Å². The molecule has 1 amide bonds. The standard InChI is InChI=1S/C18H13N5O2/c1-3-8-23-13-7-5-4-6-11(13)18(17(23)24)12(9-19)15(20)25-16-14(18)10(2)21-22-16/h1,4-7H,8,20H2,2H3,(H,21,22)/t18-/m0/s1. The van der Waals surface area contributed by atoms with Gasteiger partial charge >= 0.3 is 0 Å². The van der Waals surface area contributed by atoms with E-state index in [1.54, 1.807) is 19.1 Å². The first-order valence-corrected chi connectivity index (χ1v) is 7.55. The van der Waals surface area contributed by atoms with Crippen molar-refractivity contribution < 1.29 is 9.53 Å². The van der Waals surface area contributed by atoms with Gasteiger partial charge in [-0.15, -0.1) is 11.5 Å². The number of carbonyl (C=O) groups is 1. The Bertz CT molecular complexity index is 1040. The molecule has 2 aromatic rings. The normalized spacial score (nSPS) is 20.8. The lowest BCUT2D eigenvalue weighted by Gasteiger charge is -2.32. The molecule has 25 heavy (non-hydrogen) atoms. The first-order chi connectivity index (χ1) is 12.1. The van der Waals surface area contributed by atoms with Gasteiger partial charge in [0.25, 0.3) is 0 Å². The lowest BCUT2D eigenvalue weighted by atomic mass is 9.69. The molecule has 0 bridgehead atoms. The molecule has 1 aromatic carbocycles. The first kappa shape index (κ1) is 14.9. The van der Waals surface area contributed by atoms with Crippen molar-refractivity contribution in [2.45, 2.75) is 12.3 Å². The van der Waals surface area contributed by atoms with Crippen molar-refractivity contribution in [3.05, 3.63) is 52.5 Å². The van der Waals surface area contributed by atoms with E-state index in [4.69, 9.17) is 16.9 Å². The molecular weight excluding hydrogens is 318 g/mol. The maximum Gasteiger partial charge on any atom is 0.248 e. The summed E-state index contributed by atoms with van der Waals surface area (Å²) in [4.78, 5) is 15.0. The number of nitrogens with two attached hydrogens (primary N) is 1. The van der Waals surface area contributed by atoms with Crippen LogP contribution in [-0.4, -0.2) is 22.6 Å². The number of para-hydroxylation sites is 1. The molecule has 0 saturated heterocycles. The zero-order chi connectivity index (χ0) is 17.8. The third kappa shape index (κ3) is 1.59. The first-order valence-electron chi connectivity index (χ1n) is 7.55. The van der Waals surface area contributed by atoms with E-state index in [1.165, 1.54) is 4.90 Å². The van der Waals surface area contributed by atoms with Crippen molar-refractivity contribution in [1.82, 2.24) is 10.2 Å². The summed E-state index contributed by atoms with van der Waals surface area (Å²) in [5.41, 5.74) is 7.03. The second-order valence-electron chi connectivity index (χ2n) is 5.84. The monoisotopic (exact) mass is 331 g/mol. The van der Waals surface area contributed by atoms with Crippen LogP contribution in [0, 0.1) is 30.6 Å². The molecule has 0 aliphatic carbocycles. The van der Waals surface area contributed by atoms with Gasteiger partial charge in [0.2, 0.25) is 17.7 Å². The Morgan fingerprint density at radius 2 is 2.24 bits per heavy atom. The molecular formula is C18H13N5O2. The van der Waals surface area contributed by atoms with Crippen LogP contribution in [0.1, 0.15) is 16.8 Å². The summed E-state index contributed by atoms with van der Waals surface area (Å²) in [5, 5.41) is 16.7. The van der Waals surface area contributed by atoms with Crippen molar-refractivity contribution in [2.75, 3.05) is 11.4 Å². The number of nitrogens with zero attached hydrogens (tertiary/aromatic N) is 3. The molecule has 0 fully saturated rings. The largest absolute Gasteiger partial charge is 0.420 e. The number of aromatic amines is 1. The summed E-state index contributed by atoms with van der Waals surface area (Å²) >= 11 is 0.